The fourth-order valence-corrected chi connectivity index (χ4v) is 5.30. The molecule has 10 aromatic rings. The fourth-order valence-electron chi connectivity index (χ4n) is 5.30. The van der Waals surface area contributed by atoms with Crippen LogP contribution in [-0.4, -0.2) is 34.9 Å². The molecule has 436 valence electrons. The summed E-state index contributed by atoms with van der Waals surface area (Å²) in [7, 11) is 0. The van der Waals surface area contributed by atoms with Gasteiger partial charge in [0.2, 0.25) is 0 Å². The monoisotopic (exact) mass is 1080 g/mol. The van der Waals surface area contributed by atoms with Crippen LogP contribution in [0.25, 0.3) is 21.5 Å². The van der Waals surface area contributed by atoms with Gasteiger partial charge in [0, 0.05) is 67.7 Å². The largest absolute Gasteiger partial charge is 0.265 e. The second kappa shape index (κ2) is 67.3. The summed E-state index contributed by atoms with van der Waals surface area (Å²) in [6, 6.07) is 55.5. The van der Waals surface area contributed by atoms with E-state index in [-0.39, 0.29) is 0 Å². The molecule has 0 saturated carbocycles. The highest BCUT2D eigenvalue weighted by Crippen LogP contribution is 2.17. The highest BCUT2D eigenvalue weighted by atomic mass is 14.8. The van der Waals surface area contributed by atoms with Gasteiger partial charge in [-0.3, -0.25) is 24.9 Å². The molecule has 7 nitrogen and oxygen atoms in total. The van der Waals surface area contributed by atoms with E-state index in [4.69, 9.17) is 0 Å². The van der Waals surface area contributed by atoms with Gasteiger partial charge in [0.25, 0.3) is 0 Å². The predicted molar refractivity (Wildman–Crippen MR) is 360 cm³/mol. The van der Waals surface area contributed by atoms with Crippen molar-refractivity contribution in [2.45, 2.75) is 166 Å². The Hall–Kier alpha value is -7.77. The first kappa shape index (κ1) is 83.5. The molecule has 0 bridgehead atoms. The van der Waals surface area contributed by atoms with Crippen LogP contribution in [0.3, 0.4) is 0 Å². The number of hydrogen-bond donors (Lipinski definition) is 0. The van der Waals surface area contributed by atoms with E-state index in [2.05, 4.69) is 153 Å². The molecule has 0 N–H and O–H groups in total. The zero-order valence-electron chi connectivity index (χ0n) is 54.5. The van der Waals surface area contributed by atoms with Crippen LogP contribution >= 0.6 is 0 Å². The van der Waals surface area contributed by atoms with E-state index >= 15 is 0 Å². The number of fused-ring (bicyclic) bond motifs is 2. The number of hydrogen-bond acceptors (Lipinski definition) is 7. The van der Waals surface area contributed by atoms with Gasteiger partial charge in [-0.2, -0.15) is 0 Å². The number of aryl methyl sites for hydroxylation is 8. The summed E-state index contributed by atoms with van der Waals surface area (Å²) in [6.45, 7) is 48.1. The summed E-state index contributed by atoms with van der Waals surface area (Å²) < 4.78 is 0. The summed E-state index contributed by atoms with van der Waals surface area (Å²) in [5.74, 6) is 0.822. The SMILES string of the molecule is CC.CC.CC.CC.CC.CC.CC.CC.Cc1ccc2ccccc2c1.Cc1cccc2ccccc12.Cc1ccccc1.Cc1ccccn1.Cc1cccnc1.Cc1ccncc1.Cc1cnccn1.Cc1ncccn1. The number of rotatable bonds is 0. The van der Waals surface area contributed by atoms with Crippen LogP contribution in [0.1, 0.15) is 156 Å². The van der Waals surface area contributed by atoms with E-state index in [9.17, 15) is 0 Å². The van der Waals surface area contributed by atoms with Crippen molar-refractivity contribution in [3.8, 4) is 0 Å². The maximum atomic E-state index is 3.98. The van der Waals surface area contributed by atoms with Crippen molar-refractivity contribution < 1.29 is 0 Å². The van der Waals surface area contributed by atoms with Crippen molar-refractivity contribution in [2.75, 3.05) is 0 Å². The highest BCUT2D eigenvalue weighted by Gasteiger charge is 1.92. The first-order chi connectivity index (χ1) is 39.1. The van der Waals surface area contributed by atoms with Crippen LogP contribution in [0.2, 0.25) is 0 Å². The van der Waals surface area contributed by atoms with Crippen molar-refractivity contribution >= 4 is 21.5 Å². The van der Waals surface area contributed by atoms with Crippen LogP contribution in [0.4, 0.5) is 0 Å². The molecule has 0 saturated heterocycles. The smallest absolute Gasteiger partial charge is 0.125 e. The van der Waals surface area contributed by atoms with Gasteiger partial charge in [-0.1, -0.05) is 249 Å². The lowest BCUT2D eigenvalue weighted by Crippen LogP contribution is -1.80. The van der Waals surface area contributed by atoms with Crippen LogP contribution in [-0.2, 0) is 0 Å². The standard InChI is InChI=1S/2C11H10.C7H8.3C6H7N.2C5H6N2.8C2H6/c1-9-5-4-7-10-6-2-3-8-11(9)10;1-9-6-7-10-4-2-3-5-11(10)8-9;1-7-5-3-2-4-6-7;1-6-2-4-7-5-3-6;1-6-3-2-4-7-5-6;1-6-4-2-3-5-7-6;1-5-4-6-2-3-7-5;1-5-6-3-2-4-7-5;8*1-2/h2*2-8H,1H3;2-6H,1H3;3*2-5H,1H3;2*2-4H,1H3;8*1-2H3. The van der Waals surface area contributed by atoms with Crippen LogP contribution in [0.15, 0.2) is 226 Å². The van der Waals surface area contributed by atoms with E-state index in [1.807, 2.05) is 212 Å². The third-order valence-corrected chi connectivity index (χ3v) is 8.71. The number of aromatic nitrogens is 7. The molecule has 5 heterocycles. The van der Waals surface area contributed by atoms with Gasteiger partial charge < -0.3 is 0 Å². The maximum absolute atomic E-state index is 3.98. The topological polar surface area (TPSA) is 90.2 Å². The van der Waals surface area contributed by atoms with E-state index < -0.39 is 0 Å². The number of nitrogens with zero attached hydrogens (tertiary/aromatic N) is 7. The Balaban J connectivity index is -0.000000190. The minimum atomic E-state index is 0.822. The molecule has 0 atom stereocenters. The van der Waals surface area contributed by atoms with Gasteiger partial charge in [0.05, 0.1) is 5.69 Å². The fraction of sp³-hybridized carbons (Fsp3) is 0.329. The minimum Gasteiger partial charge on any atom is -0.265 e. The predicted octanol–water partition coefficient (Wildman–Crippen LogP) is 22.2. The first-order valence-corrected chi connectivity index (χ1v) is 29.1. The lowest BCUT2D eigenvalue weighted by molar-refractivity contribution is 1.05. The number of pyridine rings is 3. The molecular formula is C73H109N7. The Morgan fingerprint density at radius 3 is 1.06 bits per heavy atom. The molecule has 5 aromatic carbocycles. The van der Waals surface area contributed by atoms with Gasteiger partial charge in [-0.15, -0.1) is 0 Å². The summed E-state index contributed by atoms with van der Waals surface area (Å²) >= 11 is 0. The van der Waals surface area contributed by atoms with E-state index in [0.29, 0.717) is 0 Å². The molecule has 0 aliphatic heterocycles. The molecule has 0 spiro atoms. The average Bonchev–Trinajstić information content (AvgIpc) is 3.53. The Kier molecular flexibility index (Phi) is 70.3. The molecular weight excluding hydrogens is 975 g/mol. The van der Waals surface area contributed by atoms with Crippen LogP contribution in [0, 0.1) is 55.4 Å². The Morgan fingerprint density at radius 1 is 0.237 bits per heavy atom. The zero-order valence-corrected chi connectivity index (χ0v) is 54.5. The zero-order chi connectivity index (χ0) is 62.0. The summed E-state index contributed by atoms with van der Waals surface area (Å²) in [5, 5.41) is 5.33. The average molecular weight is 1080 g/mol. The first-order valence-electron chi connectivity index (χ1n) is 29.1. The Bertz CT molecular complexity index is 2370. The molecule has 5 aromatic heterocycles. The molecule has 7 heteroatoms. The molecule has 80 heavy (non-hydrogen) atoms. The summed E-state index contributed by atoms with van der Waals surface area (Å²) in [6.07, 6.45) is 17.5. The van der Waals surface area contributed by atoms with E-state index in [1.54, 1.807) is 61.8 Å². The maximum Gasteiger partial charge on any atom is 0.125 e. The van der Waals surface area contributed by atoms with Crippen molar-refractivity contribution in [2.24, 2.45) is 0 Å². The van der Waals surface area contributed by atoms with Gasteiger partial charge in [-0.25, -0.2) is 9.97 Å². The van der Waals surface area contributed by atoms with Crippen molar-refractivity contribution in [3.63, 3.8) is 0 Å². The second-order valence-electron chi connectivity index (χ2n) is 14.5. The normalized spacial score (nSPS) is 8.00. The molecule has 0 radical (unpaired) electrons. The lowest BCUT2D eigenvalue weighted by atomic mass is 10.1. The van der Waals surface area contributed by atoms with Gasteiger partial charge in [-0.05, 0) is 130 Å². The van der Waals surface area contributed by atoms with Crippen molar-refractivity contribution in [3.05, 3.63) is 271 Å². The third-order valence-electron chi connectivity index (χ3n) is 8.71. The molecule has 10 rings (SSSR count). The summed E-state index contributed by atoms with van der Waals surface area (Å²) in [5.41, 5.74) is 8.50. The van der Waals surface area contributed by atoms with Crippen LogP contribution < -0.4 is 0 Å². The molecule has 0 amide bonds. The molecule has 0 fully saturated rings. The molecule has 0 unspecified atom stereocenters. The Morgan fingerprint density at radius 2 is 0.700 bits per heavy atom. The summed E-state index contributed by atoms with van der Waals surface area (Å²) in [4.78, 5) is 27.2. The van der Waals surface area contributed by atoms with Gasteiger partial charge in [0.1, 0.15) is 5.82 Å². The minimum absolute atomic E-state index is 0.822. The quantitative estimate of drug-likeness (QED) is 0.149. The second-order valence-corrected chi connectivity index (χ2v) is 14.5. The van der Waals surface area contributed by atoms with Gasteiger partial charge in [0.15, 0.2) is 0 Å². The molecule has 0 aliphatic rings. The molecule has 0 aliphatic carbocycles. The lowest BCUT2D eigenvalue weighted by Gasteiger charge is -1.98. The van der Waals surface area contributed by atoms with Gasteiger partial charge >= 0.3 is 0 Å². The van der Waals surface area contributed by atoms with Crippen molar-refractivity contribution in [1.82, 2.24) is 34.9 Å². The number of benzene rings is 5. The highest BCUT2D eigenvalue weighted by molar-refractivity contribution is 5.85. The van der Waals surface area contributed by atoms with E-state index in [1.165, 1.54) is 49.4 Å². The van der Waals surface area contributed by atoms with E-state index in [0.717, 1.165) is 17.2 Å². The van der Waals surface area contributed by atoms with Crippen LogP contribution in [0.5, 0.6) is 0 Å². The van der Waals surface area contributed by atoms with Crippen molar-refractivity contribution in [1.29, 1.82) is 0 Å². The Labute approximate surface area is 491 Å². The third kappa shape index (κ3) is 51.0.